The molecular formula is C26H25Cl3O6. The monoisotopic (exact) mass is 538 g/mol. The van der Waals surface area contributed by atoms with Gasteiger partial charge >= 0.3 is 0 Å². The Labute approximate surface area is 219 Å². The van der Waals surface area contributed by atoms with Crippen LogP contribution in [-0.4, -0.2) is 34.6 Å². The van der Waals surface area contributed by atoms with Crippen LogP contribution in [0.1, 0.15) is 0 Å². The molecule has 0 aliphatic heterocycles. The molecule has 0 atom stereocenters. The van der Waals surface area contributed by atoms with Crippen molar-refractivity contribution in [2.75, 3.05) is 14.2 Å². The van der Waals surface area contributed by atoms with Crippen LogP contribution in [0.25, 0.3) is 0 Å². The van der Waals surface area contributed by atoms with Crippen LogP contribution in [0.15, 0.2) is 91.0 Å². The summed E-state index contributed by atoms with van der Waals surface area (Å²) >= 11 is 16.4. The zero-order chi connectivity index (χ0) is 26.2. The number of ether oxygens (including phenoxy) is 2. The molecule has 0 unspecified atom stereocenters. The van der Waals surface area contributed by atoms with Crippen molar-refractivity contribution in [1.29, 1.82) is 0 Å². The number of benzene rings is 4. The molecule has 4 N–H and O–H groups in total. The Bertz CT molecular complexity index is 1070. The van der Waals surface area contributed by atoms with Gasteiger partial charge in [0.15, 0.2) is 0 Å². The third kappa shape index (κ3) is 13.1. The Morgan fingerprint density at radius 3 is 1.46 bits per heavy atom. The summed E-state index contributed by atoms with van der Waals surface area (Å²) in [6.45, 7) is 0. The van der Waals surface area contributed by atoms with Crippen molar-refractivity contribution in [3.8, 4) is 34.5 Å². The summed E-state index contributed by atoms with van der Waals surface area (Å²) in [4.78, 5) is 0. The van der Waals surface area contributed by atoms with Gasteiger partial charge in [-0.05, 0) is 54.6 Å². The molecule has 0 aliphatic carbocycles. The van der Waals surface area contributed by atoms with E-state index in [1.54, 1.807) is 72.8 Å². The second-order valence-corrected chi connectivity index (χ2v) is 7.76. The summed E-state index contributed by atoms with van der Waals surface area (Å²) in [6, 6.07) is 24.2. The Hall–Kier alpha value is -3.45. The van der Waals surface area contributed by atoms with Gasteiger partial charge in [0, 0.05) is 28.2 Å². The summed E-state index contributed by atoms with van der Waals surface area (Å²) in [7, 11) is 3.07. The van der Waals surface area contributed by atoms with Crippen molar-refractivity contribution in [3.05, 3.63) is 106 Å². The minimum absolute atomic E-state index is 0.133. The van der Waals surface area contributed by atoms with Crippen LogP contribution < -0.4 is 9.47 Å². The number of rotatable bonds is 2. The highest BCUT2D eigenvalue weighted by molar-refractivity contribution is 6.32. The second kappa shape index (κ2) is 16.2. The predicted octanol–water partition coefficient (Wildman–Crippen LogP) is 7.55. The quantitative estimate of drug-likeness (QED) is 0.210. The third-order valence-electron chi connectivity index (χ3n) is 3.82. The fourth-order valence-electron chi connectivity index (χ4n) is 2.16. The Kier molecular flexibility index (Phi) is 13.7. The van der Waals surface area contributed by atoms with E-state index < -0.39 is 0 Å². The molecule has 4 aromatic rings. The summed E-state index contributed by atoms with van der Waals surface area (Å²) in [5, 5.41) is 36.9. The van der Waals surface area contributed by atoms with Crippen LogP contribution in [-0.2, 0) is 0 Å². The van der Waals surface area contributed by atoms with Gasteiger partial charge in [0.1, 0.15) is 34.5 Å². The Morgan fingerprint density at radius 2 is 1.09 bits per heavy atom. The fourth-order valence-corrected chi connectivity index (χ4v) is 2.61. The Morgan fingerprint density at radius 1 is 0.514 bits per heavy atom. The normalized spacial score (nSPS) is 9.17. The molecule has 6 nitrogen and oxygen atoms in total. The van der Waals surface area contributed by atoms with Crippen LogP contribution in [0, 0.1) is 0 Å². The van der Waals surface area contributed by atoms with Crippen molar-refractivity contribution in [3.63, 3.8) is 0 Å². The molecule has 9 heteroatoms. The molecule has 4 rings (SSSR count). The number of phenolic OH excluding ortho intramolecular Hbond substituents is 4. The van der Waals surface area contributed by atoms with Crippen LogP contribution in [0.2, 0.25) is 15.1 Å². The molecule has 0 spiro atoms. The maximum Gasteiger partial charge on any atom is 0.134 e. The number of hydrogen-bond donors (Lipinski definition) is 4. The molecule has 0 saturated carbocycles. The lowest BCUT2D eigenvalue weighted by Gasteiger charge is -2.03. The van der Waals surface area contributed by atoms with Gasteiger partial charge in [0.25, 0.3) is 0 Å². The summed E-state index contributed by atoms with van der Waals surface area (Å²) in [5.41, 5.74) is 0. The van der Waals surface area contributed by atoms with Gasteiger partial charge in [-0.15, -0.1) is 0 Å². The zero-order valence-electron chi connectivity index (χ0n) is 18.9. The lowest BCUT2D eigenvalue weighted by atomic mass is 10.3. The van der Waals surface area contributed by atoms with E-state index in [0.29, 0.717) is 26.6 Å². The van der Waals surface area contributed by atoms with Gasteiger partial charge in [-0.3, -0.25) is 0 Å². The topological polar surface area (TPSA) is 99.4 Å². The predicted molar refractivity (Wildman–Crippen MR) is 141 cm³/mol. The average Bonchev–Trinajstić information content (AvgIpc) is 2.83. The molecule has 35 heavy (non-hydrogen) atoms. The summed E-state index contributed by atoms with van der Waals surface area (Å²) in [5.74, 6) is 1.89. The number of para-hydroxylation sites is 1. The number of phenols is 4. The van der Waals surface area contributed by atoms with Crippen LogP contribution in [0.5, 0.6) is 34.5 Å². The fraction of sp³-hybridized carbons (Fsp3) is 0.0769. The number of hydrogen-bond acceptors (Lipinski definition) is 6. The third-order valence-corrected chi connectivity index (χ3v) is 4.63. The summed E-state index contributed by atoms with van der Waals surface area (Å²) in [6.07, 6.45) is 0. The SMILES string of the molecule is COc1cc(O)cc(OC)c1.Oc1ccc(Cl)cc1.Oc1cccc(Cl)c1.Oc1ccccc1Cl. The molecular weight excluding hydrogens is 515 g/mol. The number of halogens is 3. The molecule has 0 amide bonds. The molecule has 0 saturated heterocycles. The molecule has 0 aliphatic rings. The number of aromatic hydroxyl groups is 4. The maximum atomic E-state index is 9.10. The van der Waals surface area contributed by atoms with Gasteiger partial charge in [-0.25, -0.2) is 0 Å². The van der Waals surface area contributed by atoms with Crippen molar-refractivity contribution in [2.45, 2.75) is 0 Å². The van der Waals surface area contributed by atoms with E-state index in [-0.39, 0.29) is 23.0 Å². The highest BCUT2D eigenvalue weighted by Crippen LogP contribution is 2.26. The minimum atomic E-state index is 0.133. The Balaban J connectivity index is 0.000000236. The molecule has 0 heterocycles. The van der Waals surface area contributed by atoms with Gasteiger partial charge < -0.3 is 29.9 Å². The van der Waals surface area contributed by atoms with Crippen molar-refractivity contribution in [2.24, 2.45) is 0 Å². The zero-order valence-corrected chi connectivity index (χ0v) is 21.2. The molecule has 0 radical (unpaired) electrons. The largest absolute Gasteiger partial charge is 0.508 e. The highest BCUT2D eigenvalue weighted by Gasteiger charge is 1.98. The van der Waals surface area contributed by atoms with Crippen LogP contribution in [0.4, 0.5) is 0 Å². The lowest BCUT2D eigenvalue weighted by molar-refractivity contribution is 0.385. The van der Waals surface area contributed by atoms with Crippen molar-refractivity contribution in [1.82, 2.24) is 0 Å². The van der Waals surface area contributed by atoms with E-state index in [4.69, 9.17) is 64.7 Å². The molecule has 0 fully saturated rings. The standard InChI is InChI=1S/C8H10O3.3C6H5ClO/c1-10-7-3-6(9)4-8(5-7)11-2;7-5-1-3-6(8)4-2-5;7-5-2-1-3-6(8)4-5;7-5-3-1-2-4-6(5)8/h3-5,9H,1-2H3;3*1-4,8H. The summed E-state index contributed by atoms with van der Waals surface area (Å²) < 4.78 is 9.80. The minimum Gasteiger partial charge on any atom is -0.508 e. The van der Waals surface area contributed by atoms with E-state index in [1.165, 1.54) is 32.4 Å². The van der Waals surface area contributed by atoms with E-state index in [2.05, 4.69) is 0 Å². The van der Waals surface area contributed by atoms with E-state index in [1.807, 2.05) is 0 Å². The number of methoxy groups -OCH3 is 2. The van der Waals surface area contributed by atoms with E-state index in [0.717, 1.165) is 0 Å². The van der Waals surface area contributed by atoms with Crippen LogP contribution >= 0.6 is 34.8 Å². The second-order valence-electron chi connectivity index (χ2n) is 6.48. The van der Waals surface area contributed by atoms with Gasteiger partial charge in [0.05, 0.1) is 19.2 Å². The molecule has 0 aromatic heterocycles. The first-order valence-corrected chi connectivity index (χ1v) is 11.0. The van der Waals surface area contributed by atoms with Gasteiger partial charge in [-0.2, -0.15) is 0 Å². The van der Waals surface area contributed by atoms with E-state index in [9.17, 15) is 0 Å². The van der Waals surface area contributed by atoms with Gasteiger partial charge in [-0.1, -0.05) is 53.0 Å². The molecule has 0 bridgehead atoms. The highest BCUT2D eigenvalue weighted by atomic mass is 35.5. The van der Waals surface area contributed by atoms with Crippen molar-refractivity contribution >= 4 is 34.8 Å². The molecule has 186 valence electrons. The maximum absolute atomic E-state index is 9.10. The first-order chi connectivity index (χ1) is 16.6. The lowest BCUT2D eigenvalue weighted by Crippen LogP contribution is -1.85. The van der Waals surface area contributed by atoms with Gasteiger partial charge in [0.2, 0.25) is 0 Å². The van der Waals surface area contributed by atoms with E-state index >= 15 is 0 Å². The van der Waals surface area contributed by atoms with Crippen LogP contribution in [0.3, 0.4) is 0 Å². The molecule has 4 aromatic carbocycles. The average molecular weight is 540 g/mol. The smallest absolute Gasteiger partial charge is 0.134 e. The first kappa shape index (κ1) is 29.6. The first-order valence-electron chi connectivity index (χ1n) is 9.89. The van der Waals surface area contributed by atoms with Crippen molar-refractivity contribution < 1.29 is 29.9 Å².